The van der Waals surface area contributed by atoms with Crippen LogP contribution in [0.3, 0.4) is 0 Å². The highest BCUT2D eigenvalue weighted by Crippen LogP contribution is 2.24. The molecule has 3 aromatic rings. The number of hydrogen-bond acceptors (Lipinski definition) is 7. The average Bonchev–Trinajstić information content (AvgIpc) is 2.76. The van der Waals surface area contributed by atoms with Gasteiger partial charge in [0, 0.05) is 19.7 Å². The number of carbonyl (C=O) groups excluding carboxylic acids is 1. The number of rotatable bonds is 9. The molecule has 1 amide bonds. The van der Waals surface area contributed by atoms with Crippen LogP contribution in [0.15, 0.2) is 77.8 Å². The number of nitrogens with one attached hydrogen (secondary N) is 2. The molecule has 0 saturated carbocycles. The van der Waals surface area contributed by atoms with E-state index in [1.54, 1.807) is 24.3 Å². The molecule has 0 fully saturated rings. The van der Waals surface area contributed by atoms with E-state index in [9.17, 15) is 13.2 Å². The van der Waals surface area contributed by atoms with Crippen molar-refractivity contribution >= 4 is 21.8 Å². The summed E-state index contributed by atoms with van der Waals surface area (Å²) >= 11 is 0. The Kier molecular flexibility index (Phi) is 7.41. The Labute approximate surface area is 180 Å². The zero-order chi connectivity index (χ0) is 22.1. The van der Waals surface area contributed by atoms with Gasteiger partial charge < -0.3 is 19.5 Å². The first-order chi connectivity index (χ1) is 15.0. The third kappa shape index (κ3) is 6.69. The Morgan fingerprint density at radius 1 is 0.968 bits per heavy atom. The average molecular weight is 443 g/mol. The number of aromatic nitrogens is 1. The molecule has 3 rings (SSSR count). The second-order valence-electron chi connectivity index (χ2n) is 6.19. The highest BCUT2D eigenvalue weighted by molar-refractivity contribution is 7.92. The Morgan fingerprint density at radius 3 is 2.32 bits per heavy atom. The number of pyridine rings is 1. The van der Waals surface area contributed by atoms with Gasteiger partial charge in [-0.1, -0.05) is 18.2 Å². The van der Waals surface area contributed by atoms with E-state index >= 15 is 0 Å². The molecule has 162 valence electrons. The molecule has 0 saturated heterocycles. The fourth-order valence-corrected chi connectivity index (χ4v) is 3.46. The minimum absolute atomic E-state index is 0.0280. The molecule has 0 aliphatic heterocycles. The first-order valence-corrected chi connectivity index (χ1v) is 10.7. The second-order valence-corrected chi connectivity index (χ2v) is 7.87. The molecule has 2 N–H and O–H groups in total. The lowest BCUT2D eigenvalue weighted by Crippen LogP contribution is -2.30. The number of carbonyl (C=O) groups is 1. The van der Waals surface area contributed by atoms with Gasteiger partial charge in [0.1, 0.15) is 11.5 Å². The summed E-state index contributed by atoms with van der Waals surface area (Å²) in [5.74, 6) is 1.19. The van der Waals surface area contributed by atoms with E-state index in [2.05, 4.69) is 15.0 Å². The maximum absolute atomic E-state index is 12.6. The summed E-state index contributed by atoms with van der Waals surface area (Å²) in [6.45, 7) is 0.644. The van der Waals surface area contributed by atoms with Gasteiger partial charge in [0.2, 0.25) is 5.88 Å². The summed E-state index contributed by atoms with van der Waals surface area (Å²) in [5, 5.41) is 2.48. The molecular weight excluding hydrogens is 422 g/mol. The second kappa shape index (κ2) is 10.4. The largest absolute Gasteiger partial charge is 0.457 e. The van der Waals surface area contributed by atoms with Crippen molar-refractivity contribution < 1.29 is 27.4 Å². The molecule has 0 spiro atoms. The van der Waals surface area contributed by atoms with E-state index in [1.165, 1.54) is 37.6 Å². The molecule has 0 unspecified atom stereocenters. The molecule has 0 bridgehead atoms. The van der Waals surface area contributed by atoms with Crippen molar-refractivity contribution in [1.29, 1.82) is 0 Å². The van der Waals surface area contributed by atoms with E-state index in [-0.39, 0.29) is 16.5 Å². The van der Waals surface area contributed by atoms with Gasteiger partial charge in [0.25, 0.3) is 10.0 Å². The summed E-state index contributed by atoms with van der Waals surface area (Å²) in [6.07, 6.45) is 0.568. The number of methoxy groups -OCH3 is 1. The first kappa shape index (κ1) is 22.1. The van der Waals surface area contributed by atoms with Crippen molar-refractivity contribution in [2.75, 3.05) is 25.0 Å². The number of benzene rings is 2. The molecular formula is C21H21N3O6S. The molecule has 0 aliphatic carbocycles. The number of ether oxygens (including phenoxy) is 3. The number of nitrogens with zero attached hydrogens (tertiary/aromatic N) is 1. The Hall–Kier alpha value is -3.63. The Morgan fingerprint density at radius 2 is 1.68 bits per heavy atom. The zero-order valence-corrected chi connectivity index (χ0v) is 17.5. The highest BCUT2D eigenvalue weighted by atomic mass is 32.2. The minimum Gasteiger partial charge on any atom is -0.457 e. The summed E-state index contributed by atoms with van der Waals surface area (Å²) in [6, 6.07) is 18.0. The van der Waals surface area contributed by atoms with Crippen LogP contribution in [0, 0.1) is 0 Å². The number of hydrogen-bond donors (Lipinski definition) is 2. The third-order valence-corrected chi connectivity index (χ3v) is 5.27. The van der Waals surface area contributed by atoms with Crippen LogP contribution in [0.4, 0.5) is 10.5 Å². The van der Waals surface area contributed by atoms with Crippen LogP contribution in [0.1, 0.15) is 0 Å². The predicted octanol–water partition coefficient (Wildman–Crippen LogP) is 3.41. The highest BCUT2D eigenvalue weighted by Gasteiger charge is 2.15. The monoisotopic (exact) mass is 443 g/mol. The number of anilines is 1. The Balaban J connectivity index is 1.59. The number of sulfonamides is 1. The fourth-order valence-electron chi connectivity index (χ4n) is 2.41. The molecule has 9 nitrogen and oxygen atoms in total. The lowest BCUT2D eigenvalue weighted by Gasteiger charge is -2.10. The van der Waals surface area contributed by atoms with Crippen molar-refractivity contribution in [1.82, 2.24) is 10.3 Å². The zero-order valence-electron chi connectivity index (χ0n) is 16.6. The van der Waals surface area contributed by atoms with Gasteiger partial charge in [-0.3, -0.25) is 4.72 Å². The number of para-hydroxylation sites is 1. The molecule has 1 aromatic heterocycles. The van der Waals surface area contributed by atoms with Crippen LogP contribution in [-0.4, -0.2) is 39.8 Å². The quantitative estimate of drug-likeness (QED) is 0.487. The summed E-state index contributed by atoms with van der Waals surface area (Å²) in [5.41, 5.74) is 0.219. The van der Waals surface area contributed by atoms with Gasteiger partial charge in [-0.15, -0.1) is 0 Å². The Bertz CT molecular complexity index is 1090. The number of amides is 1. The fraction of sp³-hybridized carbons (Fsp3) is 0.143. The van der Waals surface area contributed by atoms with Gasteiger partial charge in [0.05, 0.1) is 23.4 Å². The van der Waals surface area contributed by atoms with Gasteiger partial charge in [-0.2, -0.15) is 0 Å². The van der Waals surface area contributed by atoms with Crippen LogP contribution in [-0.2, 0) is 14.8 Å². The smallest absolute Gasteiger partial charge is 0.414 e. The van der Waals surface area contributed by atoms with Crippen molar-refractivity contribution in [3.63, 3.8) is 0 Å². The van der Waals surface area contributed by atoms with E-state index in [4.69, 9.17) is 14.2 Å². The van der Waals surface area contributed by atoms with E-state index in [0.29, 0.717) is 24.7 Å². The van der Waals surface area contributed by atoms with Crippen molar-refractivity contribution in [3.8, 4) is 17.4 Å². The van der Waals surface area contributed by atoms with Crippen molar-refractivity contribution in [2.24, 2.45) is 0 Å². The molecule has 0 atom stereocenters. The van der Waals surface area contributed by atoms with E-state index < -0.39 is 16.1 Å². The third-order valence-electron chi connectivity index (χ3n) is 3.87. The van der Waals surface area contributed by atoms with Gasteiger partial charge in [0.15, 0.2) is 0 Å². The van der Waals surface area contributed by atoms with E-state index in [0.717, 1.165) is 0 Å². The SMILES string of the molecule is COCCNC(=O)Oc1ccc(NS(=O)(=O)c2ccc(Oc3ccccc3)cc2)cn1. The molecule has 0 radical (unpaired) electrons. The van der Waals surface area contributed by atoms with Gasteiger partial charge in [-0.25, -0.2) is 18.2 Å². The molecule has 2 aromatic carbocycles. The minimum atomic E-state index is -3.83. The van der Waals surface area contributed by atoms with Crippen LogP contribution in [0.2, 0.25) is 0 Å². The molecule has 1 heterocycles. The van der Waals surface area contributed by atoms with Crippen molar-refractivity contribution in [2.45, 2.75) is 4.90 Å². The predicted molar refractivity (Wildman–Crippen MR) is 114 cm³/mol. The first-order valence-electron chi connectivity index (χ1n) is 9.23. The van der Waals surface area contributed by atoms with Gasteiger partial charge in [-0.05, 0) is 42.5 Å². The van der Waals surface area contributed by atoms with Crippen LogP contribution in [0.25, 0.3) is 0 Å². The normalized spacial score (nSPS) is 10.9. The van der Waals surface area contributed by atoms with Crippen LogP contribution in [0.5, 0.6) is 17.4 Å². The lowest BCUT2D eigenvalue weighted by molar-refractivity contribution is 0.179. The van der Waals surface area contributed by atoms with Crippen LogP contribution >= 0.6 is 0 Å². The van der Waals surface area contributed by atoms with Gasteiger partial charge >= 0.3 is 6.09 Å². The van der Waals surface area contributed by atoms with Crippen molar-refractivity contribution in [3.05, 3.63) is 72.9 Å². The summed E-state index contributed by atoms with van der Waals surface area (Å²) < 4.78 is 43.1. The topological polar surface area (TPSA) is 116 Å². The summed E-state index contributed by atoms with van der Waals surface area (Å²) in [7, 11) is -2.32. The summed E-state index contributed by atoms with van der Waals surface area (Å²) in [4.78, 5) is 15.6. The molecule has 10 heteroatoms. The maximum atomic E-state index is 12.6. The standard InChI is InChI=1S/C21H21N3O6S/c1-28-14-13-22-21(25)30-20-12-7-16(15-23-20)24-31(26,27)19-10-8-18(9-11-19)29-17-5-3-2-4-6-17/h2-12,15,24H,13-14H2,1H3,(H,22,25). The van der Waals surface area contributed by atoms with Crippen LogP contribution < -0.4 is 19.5 Å². The maximum Gasteiger partial charge on any atom is 0.414 e. The lowest BCUT2D eigenvalue weighted by atomic mass is 10.3. The van der Waals surface area contributed by atoms with E-state index in [1.807, 2.05) is 18.2 Å². The molecule has 31 heavy (non-hydrogen) atoms. The molecule has 0 aliphatic rings.